The molecule has 22 heavy (non-hydrogen) atoms. The number of hydrogen-bond donors (Lipinski definition) is 1. The van der Waals surface area contributed by atoms with Gasteiger partial charge in [-0.1, -0.05) is 19.1 Å². The quantitative estimate of drug-likeness (QED) is 0.898. The minimum absolute atomic E-state index is 0. The van der Waals surface area contributed by atoms with Gasteiger partial charge >= 0.3 is 5.97 Å². The summed E-state index contributed by atoms with van der Waals surface area (Å²) in [7, 11) is 0. The number of halogens is 1. The maximum Gasteiger partial charge on any atom is 0.304 e. The molecule has 122 valence electrons. The van der Waals surface area contributed by atoms with E-state index in [1.807, 2.05) is 29.2 Å². The number of carbonyl (C=O) groups excluding carboxylic acids is 1. The topological polar surface area (TPSA) is 60.9 Å². The number of rotatable bonds is 5. The van der Waals surface area contributed by atoms with Gasteiger partial charge < -0.3 is 10.0 Å². The Morgan fingerprint density at radius 1 is 1.09 bits per heavy atom. The Bertz CT molecular complexity index is 497. The van der Waals surface area contributed by atoms with Crippen molar-refractivity contribution in [2.24, 2.45) is 0 Å². The van der Waals surface area contributed by atoms with Gasteiger partial charge in [0.15, 0.2) is 0 Å². The maximum absolute atomic E-state index is 12.4. The second kappa shape index (κ2) is 8.76. The minimum Gasteiger partial charge on any atom is -0.481 e. The Morgan fingerprint density at radius 3 is 2.18 bits per heavy atom. The van der Waals surface area contributed by atoms with Crippen molar-refractivity contribution in [3.63, 3.8) is 0 Å². The first-order chi connectivity index (χ1) is 10.1. The molecule has 0 saturated carbocycles. The molecule has 0 radical (unpaired) electrons. The molecule has 1 aromatic carbocycles. The fraction of sp³-hybridized carbons (Fsp3) is 0.500. The molecule has 1 aliphatic heterocycles. The van der Waals surface area contributed by atoms with E-state index in [0.29, 0.717) is 19.6 Å². The number of piperazine rings is 1. The van der Waals surface area contributed by atoms with Crippen molar-refractivity contribution in [1.29, 1.82) is 0 Å². The minimum atomic E-state index is -0.774. The molecule has 0 aliphatic carbocycles. The van der Waals surface area contributed by atoms with Crippen molar-refractivity contribution in [2.75, 3.05) is 32.7 Å². The molecule has 1 amide bonds. The van der Waals surface area contributed by atoms with Crippen LogP contribution in [0.4, 0.5) is 0 Å². The molecule has 5 nitrogen and oxygen atoms in total. The molecule has 0 unspecified atom stereocenters. The van der Waals surface area contributed by atoms with Gasteiger partial charge in [0, 0.05) is 38.3 Å². The van der Waals surface area contributed by atoms with Crippen LogP contribution in [0.2, 0.25) is 0 Å². The van der Waals surface area contributed by atoms with Gasteiger partial charge in [-0.05, 0) is 24.1 Å². The van der Waals surface area contributed by atoms with Crippen LogP contribution in [0, 0.1) is 0 Å². The van der Waals surface area contributed by atoms with Gasteiger partial charge in [0.05, 0.1) is 6.42 Å². The van der Waals surface area contributed by atoms with Gasteiger partial charge in [-0.25, -0.2) is 0 Å². The normalized spacial score (nSPS) is 15.2. The largest absolute Gasteiger partial charge is 0.481 e. The summed E-state index contributed by atoms with van der Waals surface area (Å²) in [4.78, 5) is 26.9. The second-order valence-corrected chi connectivity index (χ2v) is 5.33. The zero-order valence-corrected chi connectivity index (χ0v) is 13.6. The Balaban J connectivity index is 0.00000242. The Hall–Kier alpha value is -1.59. The highest BCUT2D eigenvalue weighted by atomic mass is 35.5. The molecule has 0 aromatic heterocycles. The monoisotopic (exact) mass is 326 g/mol. The molecule has 2 rings (SSSR count). The van der Waals surface area contributed by atoms with Crippen LogP contribution in [-0.2, 0) is 11.2 Å². The fourth-order valence-corrected chi connectivity index (χ4v) is 2.49. The van der Waals surface area contributed by atoms with Crippen LogP contribution in [-0.4, -0.2) is 59.5 Å². The van der Waals surface area contributed by atoms with E-state index in [1.165, 1.54) is 5.56 Å². The van der Waals surface area contributed by atoms with Gasteiger partial charge in [0.2, 0.25) is 0 Å². The lowest BCUT2D eigenvalue weighted by molar-refractivity contribution is -0.137. The molecular weight excluding hydrogens is 304 g/mol. The molecule has 1 aromatic rings. The van der Waals surface area contributed by atoms with Crippen molar-refractivity contribution in [3.8, 4) is 0 Å². The molecule has 1 aliphatic rings. The Labute approximate surface area is 137 Å². The average molecular weight is 327 g/mol. The lowest BCUT2D eigenvalue weighted by Gasteiger charge is -2.34. The van der Waals surface area contributed by atoms with Gasteiger partial charge in [0.1, 0.15) is 0 Å². The SMILES string of the molecule is CCc1ccc(C(=O)N2CCN(CCC(=O)O)CC2)cc1.Cl. The predicted octanol–water partition coefficient (Wildman–Crippen LogP) is 1.90. The number of benzene rings is 1. The van der Waals surface area contributed by atoms with Crippen LogP contribution < -0.4 is 0 Å². The highest BCUT2D eigenvalue weighted by Crippen LogP contribution is 2.11. The van der Waals surface area contributed by atoms with E-state index < -0.39 is 5.97 Å². The van der Waals surface area contributed by atoms with E-state index >= 15 is 0 Å². The van der Waals surface area contributed by atoms with E-state index in [1.54, 1.807) is 0 Å². The van der Waals surface area contributed by atoms with E-state index in [2.05, 4.69) is 11.8 Å². The molecule has 0 spiro atoms. The van der Waals surface area contributed by atoms with Gasteiger partial charge in [-0.15, -0.1) is 12.4 Å². The number of carboxylic acid groups (broad SMARTS) is 1. The molecule has 6 heteroatoms. The zero-order chi connectivity index (χ0) is 15.2. The molecular formula is C16H23ClN2O3. The van der Waals surface area contributed by atoms with Crippen molar-refractivity contribution < 1.29 is 14.7 Å². The molecule has 1 N–H and O–H groups in total. The number of aryl methyl sites for hydroxylation is 1. The average Bonchev–Trinajstić information content (AvgIpc) is 2.53. The molecule has 1 saturated heterocycles. The lowest BCUT2D eigenvalue weighted by atomic mass is 10.1. The summed E-state index contributed by atoms with van der Waals surface area (Å²) in [5.41, 5.74) is 1.95. The van der Waals surface area contributed by atoms with Crippen LogP contribution in [0.3, 0.4) is 0 Å². The van der Waals surface area contributed by atoms with E-state index in [-0.39, 0.29) is 24.7 Å². The van der Waals surface area contributed by atoms with E-state index in [4.69, 9.17) is 5.11 Å². The second-order valence-electron chi connectivity index (χ2n) is 5.33. The highest BCUT2D eigenvalue weighted by molar-refractivity contribution is 5.94. The number of carboxylic acids is 1. The smallest absolute Gasteiger partial charge is 0.304 e. The third-order valence-electron chi connectivity index (χ3n) is 3.91. The van der Waals surface area contributed by atoms with E-state index in [0.717, 1.165) is 25.1 Å². The number of nitrogens with zero attached hydrogens (tertiary/aromatic N) is 2. The van der Waals surface area contributed by atoms with Crippen LogP contribution in [0.15, 0.2) is 24.3 Å². The summed E-state index contributed by atoms with van der Waals surface area (Å²) in [6.45, 7) is 5.45. The Kier molecular flexibility index (Phi) is 7.35. The molecule has 0 bridgehead atoms. The lowest BCUT2D eigenvalue weighted by Crippen LogP contribution is -2.49. The summed E-state index contributed by atoms with van der Waals surface area (Å²) < 4.78 is 0. The summed E-state index contributed by atoms with van der Waals surface area (Å²) in [6, 6.07) is 7.77. The number of amides is 1. The van der Waals surface area contributed by atoms with E-state index in [9.17, 15) is 9.59 Å². The van der Waals surface area contributed by atoms with Gasteiger partial charge in [-0.3, -0.25) is 14.5 Å². The zero-order valence-electron chi connectivity index (χ0n) is 12.8. The first-order valence-electron chi connectivity index (χ1n) is 7.42. The number of carbonyl (C=O) groups is 2. The third-order valence-corrected chi connectivity index (χ3v) is 3.91. The van der Waals surface area contributed by atoms with Crippen LogP contribution in [0.1, 0.15) is 29.3 Å². The standard InChI is InChI=1S/C16H22N2O3.ClH/c1-2-13-3-5-14(6-4-13)16(21)18-11-9-17(10-12-18)8-7-15(19)20;/h3-6H,2,7-12H2,1H3,(H,19,20);1H. The summed E-state index contributed by atoms with van der Waals surface area (Å²) in [6.07, 6.45) is 1.13. The summed E-state index contributed by atoms with van der Waals surface area (Å²) in [5, 5.41) is 8.68. The van der Waals surface area contributed by atoms with Crippen molar-refractivity contribution in [2.45, 2.75) is 19.8 Å². The predicted molar refractivity (Wildman–Crippen MR) is 87.7 cm³/mol. The number of hydrogen-bond acceptors (Lipinski definition) is 3. The molecule has 1 fully saturated rings. The van der Waals surface area contributed by atoms with Crippen molar-refractivity contribution in [3.05, 3.63) is 35.4 Å². The van der Waals surface area contributed by atoms with Crippen LogP contribution >= 0.6 is 12.4 Å². The summed E-state index contributed by atoms with van der Waals surface area (Å²) in [5.74, 6) is -0.708. The highest BCUT2D eigenvalue weighted by Gasteiger charge is 2.22. The molecule has 0 atom stereocenters. The van der Waals surface area contributed by atoms with Gasteiger partial charge in [-0.2, -0.15) is 0 Å². The Morgan fingerprint density at radius 2 is 1.68 bits per heavy atom. The fourth-order valence-electron chi connectivity index (χ4n) is 2.49. The molecule has 1 heterocycles. The van der Waals surface area contributed by atoms with Crippen molar-refractivity contribution >= 4 is 24.3 Å². The number of aliphatic carboxylic acids is 1. The first-order valence-corrected chi connectivity index (χ1v) is 7.42. The van der Waals surface area contributed by atoms with Crippen molar-refractivity contribution in [1.82, 2.24) is 9.80 Å². The third kappa shape index (κ3) is 5.00. The maximum atomic E-state index is 12.4. The summed E-state index contributed by atoms with van der Waals surface area (Å²) >= 11 is 0. The van der Waals surface area contributed by atoms with Crippen LogP contribution in [0.25, 0.3) is 0 Å². The first kappa shape index (κ1) is 18.5. The van der Waals surface area contributed by atoms with Crippen LogP contribution in [0.5, 0.6) is 0 Å². The van der Waals surface area contributed by atoms with Gasteiger partial charge in [0.25, 0.3) is 5.91 Å².